The Balaban J connectivity index is 2.17. The smallest absolute Gasteiger partial charge is 0.151 e. The average Bonchev–Trinajstić information content (AvgIpc) is 2.70. The average molecular weight is 298 g/mol. The van der Waals surface area contributed by atoms with E-state index in [1.165, 1.54) is 5.56 Å². The molecule has 3 nitrogen and oxygen atoms in total. The number of pyridine rings is 1. The Kier molecular flexibility index (Phi) is 3.46. The van der Waals surface area contributed by atoms with Crippen LogP contribution in [-0.4, -0.2) is 12.0 Å². The van der Waals surface area contributed by atoms with Crippen molar-refractivity contribution in [2.45, 2.75) is 6.54 Å². The lowest BCUT2D eigenvalue weighted by Gasteiger charge is -2.19. The number of hydrogen-bond acceptors (Lipinski definition) is 4. The summed E-state index contributed by atoms with van der Waals surface area (Å²) < 4.78 is 0.901. The number of nitrogen functional groups attached to an aromatic ring is 1. The molecule has 0 aliphatic carbocycles. The molecule has 0 aliphatic rings. The van der Waals surface area contributed by atoms with Crippen LogP contribution in [0.25, 0.3) is 0 Å². The van der Waals surface area contributed by atoms with Crippen LogP contribution in [0.15, 0.2) is 33.6 Å². The molecule has 0 unspecified atom stereocenters. The van der Waals surface area contributed by atoms with E-state index in [1.807, 2.05) is 18.0 Å². The predicted molar refractivity (Wildman–Crippen MR) is 72.8 cm³/mol. The van der Waals surface area contributed by atoms with Crippen molar-refractivity contribution in [3.63, 3.8) is 0 Å². The molecular formula is C11H12BrN3S. The molecule has 0 aromatic carbocycles. The second-order valence-electron chi connectivity index (χ2n) is 3.55. The van der Waals surface area contributed by atoms with Crippen molar-refractivity contribution in [3.05, 3.63) is 39.1 Å². The zero-order valence-electron chi connectivity index (χ0n) is 8.85. The molecule has 2 aromatic rings. The van der Waals surface area contributed by atoms with Gasteiger partial charge in [0.15, 0.2) is 5.82 Å². The molecule has 2 rings (SSSR count). The van der Waals surface area contributed by atoms with E-state index in [-0.39, 0.29) is 0 Å². The minimum absolute atomic E-state index is 0.687. The van der Waals surface area contributed by atoms with Gasteiger partial charge < -0.3 is 10.6 Å². The van der Waals surface area contributed by atoms with Crippen molar-refractivity contribution in [3.8, 4) is 0 Å². The van der Waals surface area contributed by atoms with Crippen LogP contribution >= 0.6 is 27.3 Å². The third kappa shape index (κ3) is 2.54. The highest BCUT2D eigenvalue weighted by Gasteiger charge is 2.08. The molecule has 0 saturated carbocycles. The number of nitrogens with two attached hydrogens (primary N) is 1. The van der Waals surface area contributed by atoms with Crippen LogP contribution in [0, 0.1) is 0 Å². The van der Waals surface area contributed by atoms with Gasteiger partial charge in [-0.25, -0.2) is 4.98 Å². The fourth-order valence-electron chi connectivity index (χ4n) is 1.50. The number of hydrogen-bond donors (Lipinski definition) is 1. The summed E-state index contributed by atoms with van der Waals surface area (Å²) >= 11 is 5.04. The van der Waals surface area contributed by atoms with E-state index in [2.05, 4.69) is 37.7 Å². The lowest BCUT2D eigenvalue weighted by Crippen LogP contribution is -2.18. The minimum Gasteiger partial charge on any atom is -0.396 e. The van der Waals surface area contributed by atoms with Gasteiger partial charge in [0.05, 0.1) is 5.69 Å². The van der Waals surface area contributed by atoms with Crippen LogP contribution in [0.1, 0.15) is 5.56 Å². The highest BCUT2D eigenvalue weighted by molar-refractivity contribution is 9.10. The Labute approximate surface area is 107 Å². The highest BCUT2D eigenvalue weighted by Crippen LogP contribution is 2.24. The quantitative estimate of drug-likeness (QED) is 0.946. The number of nitrogens with zero attached hydrogens (tertiary/aromatic N) is 2. The van der Waals surface area contributed by atoms with E-state index in [1.54, 1.807) is 17.5 Å². The molecule has 0 fully saturated rings. The monoisotopic (exact) mass is 297 g/mol. The predicted octanol–water partition coefficient (Wildman–Crippen LogP) is 3.12. The molecule has 0 amide bonds. The van der Waals surface area contributed by atoms with Crippen LogP contribution in [0.3, 0.4) is 0 Å². The van der Waals surface area contributed by atoms with Gasteiger partial charge in [0.1, 0.15) is 0 Å². The molecule has 2 N–H and O–H groups in total. The lowest BCUT2D eigenvalue weighted by molar-refractivity contribution is 0.903. The molecule has 5 heteroatoms. The van der Waals surface area contributed by atoms with E-state index in [4.69, 9.17) is 5.73 Å². The molecule has 0 radical (unpaired) electrons. The maximum atomic E-state index is 5.92. The van der Waals surface area contributed by atoms with Gasteiger partial charge in [-0.3, -0.25) is 0 Å². The SMILES string of the molecule is CN(Cc1ccsc1)c1ncc(Br)cc1N. The van der Waals surface area contributed by atoms with Gasteiger partial charge >= 0.3 is 0 Å². The third-order valence-electron chi connectivity index (χ3n) is 2.22. The first-order valence-corrected chi connectivity index (χ1v) is 6.53. The Morgan fingerprint density at radius 2 is 2.38 bits per heavy atom. The summed E-state index contributed by atoms with van der Waals surface area (Å²) in [6.45, 7) is 0.822. The maximum absolute atomic E-state index is 5.92. The van der Waals surface area contributed by atoms with E-state index < -0.39 is 0 Å². The number of anilines is 2. The van der Waals surface area contributed by atoms with Gasteiger partial charge in [0.2, 0.25) is 0 Å². The first-order chi connectivity index (χ1) is 7.66. The molecule has 0 bridgehead atoms. The van der Waals surface area contributed by atoms with E-state index in [0.29, 0.717) is 5.69 Å². The fraction of sp³-hybridized carbons (Fsp3) is 0.182. The van der Waals surface area contributed by atoms with Gasteiger partial charge in [-0.1, -0.05) is 0 Å². The zero-order chi connectivity index (χ0) is 11.5. The van der Waals surface area contributed by atoms with Gasteiger partial charge in [-0.15, -0.1) is 0 Å². The lowest BCUT2D eigenvalue weighted by atomic mass is 10.3. The van der Waals surface area contributed by atoms with Crippen LogP contribution in [-0.2, 0) is 6.54 Å². The summed E-state index contributed by atoms with van der Waals surface area (Å²) in [6, 6.07) is 3.97. The number of rotatable bonds is 3. The molecule has 0 spiro atoms. The maximum Gasteiger partial charge on any atom is 0.151 e. The van der Waals surface area contributed by atoms with Gasteiger partial charge in [-0.05, 0) is 44.4 Å². The largest absolute Gasteiger partial charge is 0.396 e. The second kappa shape index (κ2) is 4.84. The van der Waals surface area contributed by atoms with Crippen LogP contribution in [0.2, 0.25) is 0 Å². The van der Waals surface area contributed by atoms with Gasteiger partial charge in [0, 0.05) is 24.3 Å². The second-order valence-corrected chi connectivity index (χ2v) is 5.25. The Hall–Kier alpha value is -1.07. The van der Waals surface area contributed by atoms with Crippen molar-refractivity contribution in [2.75, 3.05) is 17.7 Å². The summed E-state index contributed by atoms with van der Waals surface area (Å²) in [6.07, 6.45) is 1.76. The third-order valence-corrected chi connectivity index (χ3v) is 3.39. The highest BCUT2D eigenvalue weighted by atomic mass is 79.9. The van der Waals surface area contributed by atoms with Crippen molar-refractivity contribution in [1.29, 1.82) is 0 Å². The number of halogens is 1. The van der Waals surface area contributed by atoms with Crippen LogP contribution < -0.4 is 10.6 Å². The molecular weight excluding hydrogens is 286 g/mol. The van der Waals surface area contributed by atoms with E-state index in [0.717, 1.165) is 16.8 Å². The molecule has 2 heterocycles. The Bertz CT molecular complexity index is 470. The zero-order valence-corrected chi connectivity index (χ0v) is 11.3. The van der Waals surface area contributed by atoms with Crippen LogP contribution in [0.5, 0.6) is 0 Å². The molecule has 0 saturated heterocycles. The Morgan fingerprint density at radius 3 is 3.00 bits per heavy atom. The first kappa shape index (κ1) is 11.4. The summed E-state index contributed by atoms with van der Waals surface area (Å²) in [7, 11) is 1.99. The van der Waals surface area contributed by atoms with E-state index in [9.17, 15) is 0 Å². The molecule has 0 atom stereocenters. The van der Waals surface area contributed by atoms with Crippen molar-refractivity contribution >= 4 is 38.8 Å². The standard InChI is InChI=1S/C11H12BrN3S/c1-15(6-8-2-3-16-7-8)11-10(13)4-9(12)5-14-11/h2-5,7H,6,13H2,1H3. The summed E-state index contributed by atoms with van der Waals surface area (Å²) in [5, 5.41) is 4.20. The summed E-state index contributed by atoms with van der Waals surface area (Å²) in [4.78, 5) is 6.36. The van der Waals surface area contributed by atoms with Crippen LogP contribution in [0.4, 0.5) is 11.5 Å². The van der Waals surface area contributed by atoms with Gasteiger partial charge in [-0.2, -0.15) is 11.3 Å². The number of aromatic nitrogens is 1. The molecule has 16 heavy (non-hydrogen) atoms. The normalized spacial score (nSPS) is 10.4. The minimum atomic E-state index is 0.687. The van der Waals surface area contributed by atoms with Crippen molar-refractivity contribution in [2.24, 2.45) is 0 Å². The van der Waals surface area contributed by atoms with Crippen molar-refractivity contribution in [1.82, 2.24) is 4.98 Å². The van der Waals surface area contributed by atoms with Gasteiger partial charge in [0.25, 0.3) is 0 Å². The number of thiophene rings is 1. The molecule has 2 aromatic heterocycles. The molecule has 0 aliphatic heterocycles. The van der Waals surface area contributed by atoms with E-state index >= 15 is 0 Å². The molecule has 84 valence electrons. The van der Waals surface area contributed by atoms with Crippen molar-refractivity contribution < 1.29 is 0 Å². The topological polar surface area (TPSA) is 42.2 Å². The summed E-state index contributed by atoms with van der Waals surface area (Å²) in [5.41, 5.74) is 7.88. The Morgan fingerprint density at radius 1 is 1.56 bits per heavy atom. The summed E-state index contributed by atoms with van der Waals surface area (Å²) in [5.74, 6) is 0.814. The first-order valence-electron chi connectivity index (χ1n) is 4.80. The fourth-order valence-corrected chi connectivity index (χ4v) is 2.51.